The van der Waals surface area contributed by atoms with Crippen LogP contribution in [0, 0.1) is 11.3 Å². The van der Waals surface area contributed by atoms with Crippen LogP contribution in [0.3, 0.4) is 0 Å². The predicted octanol–water partition coefficient (Wildman–Crippen LogP) is 2.65. The first-order valence-electron chi connectivity index (χ1n) is 5.16. The van der Waals surface area contributed by atoms with Crippen molar-refractivity contribution in [2.75, 3.05) is 7.11 Å². The standard InChI is InChI=1S/C12H16O3/c1-12(2)6-9(12)11(13)10-5-4-8(15-10)7-14-3/h4-5,9H,6-7H2,1-3H3. The Morgan fingerprint density at radius 1 is 1.60 bits per heavy atom. The largest absolute Gasteiger partial charge is 0.456 e. The van der Waals surface area contributed by atoms with E-state index in [4.69, 9.17) is 9.15 Å². The second-order valence-electron chi connectivity index (χ2n) is 4.81. The smallest absolute Gasteiger partial charge is 0.201 e. The lowest BCUT2D eigenvalue weighted by molar-refractivity contribution is 0.0917. The summed E-state index contributed by atoms with van der Waals surface area (Å²) in [6, 6.07) is 3.54. The summed E-state index contributed by atoms with van der Waals surface area (Å²) in [5.41, 5.74) is 0.158. The predicted molar refractivity (Wildman–Crippen MR) is 55.6 cm³/mol. The van der Waals surface area contributed by atoms with Crippen molar-refractivity contribution >= 4 is 5.78 Å². The minimum atomic E-state index is 0.127. The summed E-state index contributed by atoms with van der Waals surface area (Å²) < 4.78 is 10.3. The van der Waals surface area contributed by atoms with E-state index in [9.17, 15) is 4.79 Å². The Kier molecular flexibility index (Phi) is 2.43. The third-order valence-corrected chi connectivity index (χ3v) is 3.02. The molecule has 0 aliphatic heterocycles. The highest BCUT2D eigenvalue weighted by Crippen LogP contribution is 2.53. The van der Waals surface area contributed by atoms with Gasteiger partial charge in [-0.2, -0.15) is 0 Å². The zero-order chi connectivity index (χ0) is 11.1. The maximum absolute atomic E-state index is 11.9. The van der Waals surface area contributed by atoms with Crippen LogP contribution >= 0.6 is 0 Å². The Hall–Kier alpha value is -1.09. The van der Waals surface area contributed by atoms with E-state index in [-0.39, 0.29) is 17.1 Å². The van der Waals surface area contributed by atoms with E-state index >= 15 is 0 Å². The zero-order valence-electron chi connectivity index (χ0n) is 9.37. The third-order valence-electron chi connectivity index (χ3n) is 3.02. The van der Waals surface area contributed by atoms with Gasteiger partial charge in [0.1, 0.15) is 12.4 Å². The van der Waals surface area contributed by atoms with Crippen LogP contribution in [0.2, 0.25) is 0 Å². The number of furan rings is 1. The van der Waals surface area contributed by atoms with Gasteiger partial charge in [0.15, 0.2) is 5.76 Å². The van der Waals surface area contributed by atoms with Crippen LogP contribution < -0.4 is 0 Å². The number of Topliss-reactive ketones (excluding diaryl/α,β-unsaturated/α-hetero) is 1. The van der Waals surface area contributed by atoms with Crippen molar-refractivity contribution in [2.24, 2.45) is 11.3 Å². The zero-order valence-corrected chi connectivity index (χ0v) is 9.37. The van der Waals surface area contributed by atoms with Crippen molar-refractivity contribution in [2.45, 2.75) is 26.9 Å². The molecule has 2 rings (SSSR count). The molecule has 0 saturated heterocycles. The van der Waals surface area contributed by atoms with Crippen molar-refractivity contribution in [1.82, 2.24) is 0 Å². The molecule has 0 aromatic carbocycles. The minimum absolute atomic E-state index is 0.127. The molecule has 0 bridgehead atoms. The first-order chi connectivity index (χ1) is 7.04. The SMILES string of the molecule is COCc1ccc(C(=O)C2CC2(C)C)o1. The van der Waals surface area contributed by atoms with E-state index in [1.165, 1.54) is 0 Å². The molecule has 0 spiro atoms. The molecule has 1 aromatic heterocycles. The van der Waals surface area contributed by atoms with Gasteiger partial charge < -0.3 is 9.15 Å². The molecule has 1 unspecified atom stereocenters. The molecule has 1 fully saturated rings. The molecule has 1 aromatic rings. The van der Waals surface area contributed by atoms with Gasteiger partial charge in [-0.1, -0.05) is 13.8 Å². The second-order valence-corrected chi connectivity index (χ2v) is 4.81. The van der Waals surface area contributed by atoms with Gasteiger partial charge in [-0.3, -0.25) is 4.79 Å². The van der Waals surface area contributed by atoms with Gasteiger partial charge in [0.25, 0.3) is 0 Å². The maximum Gasteiger partial charge on any atom is 0.201 e. The fraction of sp³-hybridized carbons (Fsp3) is 0.583. The monoisotopic (exact) mass is 208 g/mol. The van der Waals surface area contributed by atoms with Crippen LogP contribution in [0.15, 0.2) is 16.5 Å². The topological polar surface area (TPSA) is 39.4 Å². The van der Waals surface area contributed by atoms with Crippen molar-refractivity contribution in [1.29, 1.82) is 0 Å². The lowest BCUT2D eigenvalue weighted by atomic mass is 10.1. The fourth-order valence-corrected chi connectivity index (χ4v) is 1.82. The fourth-order valence-electron chi connectivity index (χ4n) is 1.82. The van der Waals surface area contributed by atoms with Crippen LogP contribution in [-0.4, -0.2) is 12.9 Å². The Labute approximate surface area is 89.4 Å². The summed E-state index contributed by atoms with van der Waals surface area (Å²) in [6.07, 6.45) is 0.964. The summed E-state index contributed by atoms with van der Waals surface area (Å²) in [4.78, 5) is 11.9. The van der Waals surface area contributed by atoms with E-state index in [0.29, 0.717) is 18.1 Å². The molecule has 1 saturated carbocycles. The Balaban J connectivity index is 2.07. The molecule has 0 amide bonds. The van der Waals surface area contributed by atoms with Crippen molar-refractivity contribution in [3.63, 3.8) is 0 Å². The van der Waals surface area contributed by atoms with Gasteiger partial charge in [0, 0.05) is 13.0 Å². The Morgan fingerprint density at radius 3 is 2.80 bits per heavy atom. The van der Waals surface area contributed by atoms with Crippen molar-refractivity contribution in [3.05, 3.63) is 23.7 Å². The number of methoxy groups -OCH3 is 1. The Bertz CT molecular complexity index is 376. The molecule has 3 nitrogen and oxygen atoms in total. The maximum atomic E-state index is 11.9. The number of hydrogen-bond donors (Lipinski definition) is 0. The summed E-state index contributed by atoms with van der Waals surface area (Å²) in [6.45, 7) is 4.63. The number of hydrogen-bond acceptors (Lipinski definition) is 3. The molecule has 3 heteroatoms. The number of ketones is 1. The van der Waals surface area contributed by atoms with Crippen molar-refractivity contribution in [3.8, 4) is 0 Å². The highest BCUT2D eigenvalue weighted by molar-refractivity contribution is 5.97. The van der Waals surface area contributed by atoms with Crippen LogP contribution in [0.25, 0.3) is 0 Å². The van der Waals surface area contributed by atoms with Gasteiger partial charge in [-0.05, 0) is 24.0 Å². The first kappa shape index (κ1) is 10.4. The van der Waals surface area contributed by atoms with Crippen molar-refractivity contribution < 1.29 is 13.9 Å². The quantitative estimate of drug-likeness (QED) is 0.714. The lowest BCUT2D eigenvalue weighted by Crippen LogP contribution is -2.05. The molecule has 1 atom stereocenters. The van der Waals surface area contributed by atoms with E-state index in [2.05, 4.69) is 13.8 Å². The van der Waals surface area contributed by atoms with Crippen LogP contribution in [0.1, 0.15) is 36.6 Å². The lowest BCUT2D eigenvalue weighted by Gasteiger charge is -1.99. The van der Waals surface area contributed by atoms with Gasteiger partial charge in [-0.25, -0.2) is 0 Å². The highest BCUT2D eigenvalue weighted by atomic mass is 16.5. The highest BCUT2D eigenvalue weighted by Gasteiger charge is 2.51. The number of rotatable bonds is 4. The van der Waals surface area contributed by atoms with Gasteiger partial charge >= 0.3 is 0 Å². The normalized spacial score (nSPS) is 22.7. The first-order valence-corrected chi connectivity index (χ1v) is 5.16. The average Bonchev–Trinajstić information content (AvgIpc) is 2.64. The number of ether oxygens (including phenoxy) is 1. The van der Waals surface area contributed by atoms with Crippen LogP contribution in [0.5, 0.6) is 0 Å². The van der Waals surface area contributed by atoms with E-state index in [0.717, 1.165) is 6.42 Å². The molecule has 0 N–H and O–H groups in total. The van der Waals surface area contributed by atoms with E-state index in [1.54, 1.807) is 19.2 Å². The summed E-state index contributed by atoms with van der Waals surface area (Å²) in [5.74, 6) is 1.44. The molecular formula is C12H16O3. The van der Waals surface area contributed by atoms with Gasteiger partial charge in [-0.15, -0.1) is 0 Å². The molecule has 1 aliphatic rings. The van der Waals surface area contributed by atoms with Crippen LogP contribution in [-0.2, 0) is 11.3 Å². The molecule has 0 radical (unpaired) electrons. The molecular weight excluding hydrogens is 192 g/mol. The summed E-state index contributed by atoms with van der Waals surface area (Å²) >= 11 is 0. The average molecular weight is 208 g/mol. The molecule has 1 heterocycles. The summed E-state index contributed by atoms with van der Waals surface area (Å²) in [7, 11) is 1.61. The second kappa shape index (κ2) is 3.49. The Morgan fingerprint density at radius 2 is 2.27 bits per heavy atom. The van der Waals surface area contributed by atoms with Crippen LogP contribution in [0.4, 0.5) is 0 Å². The molecule has 1 aliphatic carbocycles. The van der Waals surface area contributed by atoms with E-state index in [1.807, 2.05) is 0 Å². The third kappa shape index (κ3) is 1.97. The minimum Gasteiger partial charge on any atom is -0.456 e. The van der Waals surface area contributed by atoms with Gasteiger partial charge in [0.2, 0.25) is 5.78 Å². The number of carbonyl (C=O) groups is 1. The summed E-state index contributed by atoms with van der Waals surface area (Å²) in [5, 5.41) is 0. The molecule has 15 heavy (non-hydrogen) atoms. The van der Waals surface area contributed by atoms with E-state index < -0.39 is 0 Å². The van der Waals surface area contributed by atoms with Gasteiger partial charge in [0.05, 0.1) is 0 Å². The molecule has 82 valence electrons. The number of carbonyl (C=O) groups excluding carboxylic acids is 1.